The van der Waals surface area contributed by atoms with Crippen LogP contribution in [-0.2, 0) is 12.8 Å². The first-order chi connectivity index (χ1) is 9.65. The monoisotopic (exact) mass is 306 g/mol. The smallest absolute Gasteiger partial charge is 0.157 e. The lowest BCUT2D eigenvalue weighted by Gasteiger charge is -2.11. The molecule has 0 fully saturated rings. The Balaban J connectivity index is 0.00000220. The Morgan fingerprint density at radius 2 is 1.62 bits per heavy atom. The van der Waals surface area contributed by atoms with Crippen LogP contribution in [0.2, 0.25) is 0 Å². The van der Waals surface area contributed by atoms with Crippen molar-refractivity contribution in [3.05, 3.63) is 59.7 Å². The minimum absolute atomic E-state index is 0. The van der Waals surface area contributed by atoms with E-state index in [4.69, 9.17) is 0 Å². The molecule has 0 heterocycles. The molecule has 0 spiro atoms. The fourth-order valence-electron chi connectivity index (χ4n) is 2.50. The van der Waals surface area contributed by atoms with E-state index in [0.717, 1.165) is 31.2 Å². The molecule has 0 amide bonds. The molecule has 2 nitrogen and oxygen atoms in total. The summed E-state index contributed by atoms with van der Waals surface area (Å²) in [5.41, 5.74) is 2.47. The highest BCUT2D eigenvalue weighted by Gasteiger charge is 2.05. The van der Waals surface area contributed by atoms with E-state index in [-0.39, 0.29) is 23.9 Å². The van der Waals surface area contributed by atoms with Crippen LogP contribution in [0.25, 0.3) is 0 Å². The molecule has 2 N–H and O–H groups in total. The van der Waals surface area contributed by atoms with Crippen molar-refractivity contribution < 1.29 is 10.2 Å². The number of hydrogen-bond donors (Lipinski definition) is 2. The van der Waals surface area contributed by atoms with Gasteiger partial charge >= 0.3 is 0 Å². The quantitative estimate of drug-likeness (QED) is 0.758. The molecule has 2 aromatic carbocycles. The van der Waals surface area contributed by atoms with Crippen LogP contribution in [0.5, 0.6) is 11.5 Å². The fraction of sp³-hybridized carbons (Fsp3) is 0.333. The van der Waals surface area contributed by atoms with Gasteiger partial charge in [0.25, 0.3) is 0 Å². The summed E-state index contributed by atoms with van der Waals surface area (Å²) in [5.74, 6) is 0.578. The topological polar surface area (TPSA) is 40.5 Å². The van der Waals surface area contributed by atoms with Gasteiger partial charge in [0.15, 0.2) is 11.5 Å². The van der Waals surface area contributed by atoms with Crippen LogP contribution in [0.3, 0.4) is 0 Å². The van der Waals surface area contributed by atoms with Gasteiger partial charge in [-0.1, -0.05) is 49.7 Å². The van der Waals surface area contributed by atoms with Crippen molar-refractivity contribution in [2.45, 2.75) is 32.6 Å². The van der Waals surface area contributed by atoms with E-state index in [1.54, 1.807) is 12.1 Å². The molecular formula is C18H23ClO2. The van der Waals surface area contributed by atoms with E-state index < -0.39 is 0 Å². The molecule has 1 unspecified atom stereocenters. The fourth-order valence-corrected chi connectivity index (χ4v) is 2.50. The van der Waals surface area contributed by atoms with E-state index in [1.165, 1.54) is 5.56 Å². The molecule has 0 aromatic heterocycles. The number of rotatable bonds is 6. The summed E-state index contributed by atoms with van der Waals surface area (Å²) in [5, 5.41) is 18.7. The summed E-state index contributed by atoms with van der Waals surface area (Å²) in [6, 6.07) is 15.6. The second-order valence-corrected chi connectivity index (χ2v) is 5.51. The van der Waals surface area contributed by atoms with Crippen LogP contribution in [0, 0.1) is 5.92 Å². The Kier molecular flexibility index (Phi) is 7.10. The highest BCUT2D eigenvalue weighted by molar-refractivity contribution is 5.85. The summed E-state index contributed by atoms with van der Waals surface area (Å²) in [6.07, 6.45) is 4.31. The molecule has 0 aliphatic rings. The molecule has 21 heavy (non-hydrogen) atoms. The first-order valence-electron chi connectivity index (χ1n) is 7.20. The molecule has 0 radical (unpaired) electrons. The molecule has 0 aliphatic heterocycles. The number of phenols is 2. The molecule has 0 saturated heterocycles. The molecule has 2 rings (SSSR count). The lowest BCUT2D eigenvalue weighted by molar-refractivity contribution is 0.403. The predicted molar refractivity (Wildman–Crippen MR) is 89.3 cm³/mol. The van der Waals surface area contributed by atoms with E-state index in [0.29, 0.717) is 5.92 Å². The zero-order chi connectivity index (χ0) is 14.4. The van der Waals surface area contributed by atoms with Crippen LogP contribution < -0.4 is 0 Å². The highest BCUT2D eigenvalue weighted by atomic mass is 35.5. The van der Waals surface area contributed by atoms with Gasteiger partial charge in [-0.2, -0.15) is 0 Å². The van der Waals surface area contributed by atoms with Gasteiger partial charge in [0.2, 0.25) is 0 Å². The van der Waals surface area contributed by atoms with Gasteiger partial charge in [-0.15, -0.1) is 12.4 Å². The third-order valence-corrected chi connectivity index (χ3v) is 3.63. The average molecular weight is 307 g/mol. The number of phenolic OH excluding ortho intramolecular Hbond substituents is 2. The number of aryl methyl sites for hydroxylation is 1. The normalized spacial score (nSPS) is 11.7. The van der Waals surface area contributed by atoms with Gasteiger partial charge in [-0.3, -0.25) is 0 Å². The van der Waals surface area contributed by atoms with Crippen molar-refractivity contribution in [1.82, 2.24) is 0 Å². The Bertz CT molecular complexity index is 540. The molecule has 114 valence electrons. The van der Waals surface area contributed by atoms with Gasteiger partial charge in [-0.05, 0) is 48.4 Å². The number of hydrogen-bond acceptors (Lipinski definition) is 2. The summed E-state index contributed by atoms with van der Waals surface area (Å²) in [6.45, 7) is 2.28. The molecule has 3 heteroatoms. The zero-order valence-corrected chi connectivity index (χ0v) is 13.1. The molecule has 1 atom stereocenters. The van der Waals surface area contributed by atoms with Crippen molar-refractivity contribution in [3.63, 3.8) is 0 Å². The minimum atomic E-state index is -0.0498. The SMILES string of the molecule is CC(CCCc1ccc(O)c(O)c1)Cc1ccccc1.Cl. The predicted octanol–water partition coefficient (Wildman–Crippen LogP) is 4.72. The van der Waals surface area contributed by atoms with Crippen molar-refractivity contribution in [1.29, 1.82) is 0 Å². The largest absolute Gasteiger partial charge is 0.504 e. The van der Waals surface area contributed by atoms with Gasteiger partial charge in [-0.25, -0.2) is 0 Å². The molecule has 0 aliphatic carbocycles. The molecule has 0 saturated carbocycles. The average Bonchev–Trinajstić information content (AvgIpc) is 2.44. The third kappa shape index (κ3) is 5.68. The van der Waals surface area contributed by atoms with E-state index in [1.807, 2.05) is 12.1 Å². The second kappa shape index (κ2) is 8.58. The van der Waals surface area contributed by atoms with Crippen LogP contribution in [-0.4, -0.2) is 10.2 Å². The van der Waals surface area contributed by atoms with Gasteiger partial charge < -0.3 is 10.2 Å². The van der Waals surface area contributed by atoms with E-state index in [2.05, 4.69) is 31.2 Å². The third-order valence-electron chi connectivity index (χ3n) is 3.63. The maximum absolute atomic E-state index is 9.45. The van der Waals surface area contributed by atoms with E-state index >= 15 is 0 Å². The number of benzene rings is 2. The van der Waals surface area contributed by atoms with Crippen molar-refractivity contribution >= 4 is 12.4 Å². The lowest BCUT2D eigenvalue weighted by atomic mass is 9.95. The Morgan fingerprint density at radius 3 is 2.29 bits per heavy atom. The molecule has 2 aromatic rings. The standard InChI is InChI=1S/C18H22O2.ClH/c1-14(12-15-7-3-2-4-8-15)6-5-9-16-10-11-17(19)18(20)13-16;/h2-4,7-8,10-11,13-14,19-20H,5-6,9,12H2,1H3;1H. The van der Waals surface area contributed by atoms with Crippen molar-refractivity contribution in [2.75, 3.05) is 0 Å². The molecular weight excluding hydrogens is 284 g/mol. The van der Waals surface area contributed by atoms with Crippen LogP contribution >= 0.6 is 12.4 Å². The highest BCUT2D eigenvalue weighted by Crippen LogP contribution is 2.26. The van der Waals surface area contributed by atoms with Gasteiger partial charge in [0.1, 0.15) is 0 Å². The minimum Gasteiger partial charge on any atom is -0.504 e. The first kappa shape index (κ1) is 17.4. The zero-order valence-electron chi connectivity index (χ0n) is 12.3. The number of halogens is 1. The van der Waals surface area contributed by atoms with Crippen LogP contribution in [0.15, 0.2) is 48.5 Å². The van der Waals surface area contributed by atoms with Gasteiger partial charge in [0.05, 0.1) is 0 Å². The van der Waals surface area contributed by atoms with Crippen LogP contribution in [0.1, 0.15) is 30.9 Å². The molecule has 0 bridgehead atoms. The lowest BCUT2D eigenvalue weighted by Crippen LogP contribution is -2.00. The Hall–Kier alpha value is -1.67. The van der Waals surface area contributed by atoms with E-state index in [9.17, 15) is 10.2 Å². The van der Waals surface area contributed by atoms with Crippen molar-refractivity contribution in [2.24, 2.45) is 5.92 Å². The second-order valence-electron chi connectivity index (χ2n) is 5.51. The summed E-state index contributed by atoms with van der Waals surface area (Å²) >= 11 is 0. The summed E-state index contributed by atoms with van der Waals surface area (Å²) in [4.78, 5) is 0. The van der Waals surface area contributed by atoms with Crippen LogP contribution in [0.4, 0.5) is 0 Å². The maximum Gasteiger partial charge on any atom is 0.157 e. The maximum atomic E-state index is 9.45. The first-order valence-corrected chi connectivity index (χ1v) is 7.20. The Labute approximate surface area is 132 Å². The summed E-state index contributed by atoms with van der Waals surface area (Å²) < 4.78 is 0. The summed E-state index contributed by atoms with van der Waals surface area (Å²) in [7, 11) is 0. The Morgan fingerprint density at radius 1 is 0.905 bits per heavy atom. The van der Waals surface area contributed by atoms with Crippen molar-refractivity contribution in [3.8, 4) is 11.5 Å². The number of aromatic hydroxyl groups is 2. The van der Waals surface area contributed by atoms with Gasteiger partial charge in [0, 0.05) is 0 Å².